The molecule has 0 unspecified atom stereocenters. The number of aromatic nitrogens is 2. The average Bonchev–Trinajstić information content (AvgIpc) is 3.04. The molecule has 0 aliphatic carbocycles. The van der Waals surface area contributed by atoms with E-state index in [-0.39, 0.29) is 5.56 Å². The highest BCUT2D eigenvalue weighted by Gasteiger charge is 2.17. The van der Waals surface area contributed by atoms with E-state index in [4.69, 9.17) is 0 Å². The number of nitrogens with zero attached hydrogens (tertiary/aromatic N) is 2. The Hall–Kier alpha value is -3.67. The van der Waals surface area contributed by atoms with E-state index in [2.05, 4.69) is 9.98 Å². The molecule has 1 aromatic heterocycles. The summed E-state index contributed by atoms with van der Waals surface area (Å²) >= 11 is 0. The van der Waals surface area contributed by atoms with Crippen LogP contribution >= 0.6 is 0 Å². The predicted molar refractivity (Wildman–Crippen MR) is 106 cm³/mol. The summed E-state index contributed by atoms with van der Waals surface area (Å²) in [6.07, 6.45) is 3.18. The SMILES string of the molecule is Cc1ccc(-n2c(O)c(/C=C3/C=Nc4ccccc43)c(=O)[nH]c2=O)cc1C. The number of nitrogens with one attached hydrogen (secondary N) is 1. The summed E-state index contributed by atoms with van der Waals surface area (Å²) in [6, 6.07) is 12.9. The van der Waals surface area contributed by atoms with Crippen molar-refractivity contribution in [3.63, 3.8) is 0 Å². The molecule has 2 aromatic carbocycles. The third kappa shape index (κ3) is 2.81. The molecule has 2 heterocycles. The molecule has 0 amide bonds. The monoisotopic (exact) mass is 359 g/mol. The number of aliphatic imine (C=N–C) groups is 1. The van der Waals surface area contributed by atoms with Crippen molar-refractivity contribution in [2.75, 3.05) is 0 Å². The van der Waals surface area contributed by atoms with Crippen molar-refractivity contribution in [1.29, 1.82) is 0 Å². The van der Waals surface area contributed by atoms with Crippen LogP contribution in [-0.2, 0) is 0 Å². The maximum absolute atomic E-state index is 12.3. The van der Waals surface area contributed by atoms with Gasteiger partial charge in [0.15, 0.2) is 0 Å². The first kappa shape index (κ1) is 16.8. The number of benzene rings is 2. The van der Waals surface area contributed by atoms with Crippen molar-refractivity contribution >= 4 is 23.6 Å². The number of fused-ring (bicyclic) bond motifs is 1. The molecule has 0 radical (unpaired) electrons. The number of para-hydroxylation sites is 1. The second kappa shape index (κ2) is 6.25. The summed E-state index contributed by atoms with van der Waals surface area (Å²) < 4.78 is 1.10. The molecular weight excluding hydrogens is 342 g/mol. The number of H-pyrrole nitrogens is 1. The van der Waals surface area contributed by atoms with E-state index in [1.165, 1.54) is 0 Å². The Balaban J connectivity index is 1.92. The van der Waals surface area contributed by atoms with Gasteiger partial charge in [-0.2, -0.15) is 0 Å². The van der Waals surface area contributed by atoms with E-state index in [1.807, 2.05) is 44.2 Å². The number of aryl methyl sites for hydroxylation is 2. The van der Waals surface area contributed by atoms with Crippen molar-refractivity contribution in [2.24, 2.45) is 4.99 Å². The Morgan fingerprint density at radius 2 is 1.85 bits per heavy atom. The molecule has 0 saturated heterocycles. The Labute approximate surface area is 154 Å². The Bertz CT molecular complexity index is 1250. The van der Waals surface area contributed by atoms with Gasteiger partial charge in [0.1, 0.15) is 5.56 Å². The van der Waals surface area contributed by atoms with Gasteiger partial charge in [-0.15, -0.1) is 0 Å². The van der Waals surface area contributed by atoms with Crippen molar-refractivity contribution in [3.05, 3.63) is 85.6 Å². The van der Waals surface area contributed by atoms with Crippen LogP contribution in [0.3, 0.4) is 0 Å². The van der Waals surface area contributed by atoms with Gasteiger partial charge in [0.2, 0.25) is 5.88 Å². The number of rotatable bonds is 2. The topological polar surface area (TPSA) is 87.4 Å². The molecule has 3 aromatic rings. The highest BCUT2D eigenvalue weighted by molar-refractivity contribution is 6.21. The summed E-state index contributed by atoms with van der Waals surface area (Å²) in [5.41, 5.74) is 3.53. The number of hydrogen-bond acceptors (Lipinski definition) is 4. The summed E-state index contributed by atoms with van der Waals surface area (Å²) in [5, 5.41) is 10.7. The van der Waals surface area contributed by atoms with Gasteiger partial charge in [0.25, 0.3) is 5.56 Å². The fourth-order valence-corrected chi connectivity index (χ4v) is 3.08. The number of allylic oxidation sites excluding steroid dienone is 1. The zero-order valence-corrected chi connectivity index (χ0v) is 14.9. The van der Waals surface area contributed by atoms with E-state index < -0.39 is 17.1 Å². The first-order chi connectivity index (χ1) is 13.0. The third-order valence-electron chi connectivity index (χ3n) is 4.73. The van der Waals surface area contributed by atoms with Crippen LogP contribution in [0.4, 0.5) is 5.69 Å². The lowest BCUT2D eigenvalue weighted by atomic mass is 10.1. The molecule has 1 aliphatic heterocycles. The number of aromatic amines is 1. The van der Waals surface area contributed by atoms with Gasteiger partial charge in [0, 0.05) is 17.4 Å². The quantitative estimate of drug-likeness (QED) is 0.737. The smallest absolute Gasteiger partial charge is 0.335 e. The zero-order valence-electron chi connectivity index (χ0n) is 14.9. The molecular formula is C21H17N3O3. The lowest BCUT2D eigenvalue weighted by Gasteiger charge is -2.12. The molecule has 0 atom stereocenters. The molecule has 0 fully saturated rings. The molecule has 0 saturated carbocycles. The van der Waals surface area contributed by atoms with Crippen LogP contribution in [0.5, 0.6) is 5.88 Å². The minimum Gasteiger partial charge on any atom is -0.494 e. The van der Waals surface area contributed by atoms with Crippen molar-refractivity contribution < 1.29 is 5.11 Å². The van der Waals surface area contributed by atoms with Gasteiger partial charge in [0.05, 0.1) is 11.4 Å². The van der Waals surface area contributed by atoms with Gasteiger partial charge < -0.3 is 5.11 Å². The van der Waals surface area contributed by atoms with Crippen molar-refractivity contribution in [3.8, 4) is 11.6 Å². The standard InChI is InChI=1S/C21H17N3O3/c1-12-7-8-15(9-13(12)2)24-20(26)17(19(25)23-21(24)27)10-14-11-22-18-6-4-3-5-16(14)18/h3-11,26H,1-2H3,(H,23,25,27)/b14-10-. The van der Waals surface area contributed by atoms with Gasteiger partial charge in [-0.05, 0) is 49.2 Å². The minimum atomic E-state index is -0.691. The highest BCUT2D eigenvalue weighted by atomic mass is 16.3. The van der Waals surface area contributed by atoms with E-state index >= 15 is 0 Å². The normalized spacial score (nSPS) is 13.9. The predicted octanol–water partition coefficient (Wildman–Crippen LogP) is 3.10. The van der Waals surface area contributed by atoms with Crippen LogP contribution in [0.1, 0.15) is 22.3 Å². The average molecular weight is 359 g/mol. The van der Waals surface area contributed by atoms with Crippen molar-refractivity contribution in [1.82, 2.24) is 9.55 Å². The molecule has 6 heteroatoms. The molecule has 0 spiro atoms. The van der Waals surface area contributed by atoms with Gasteiger partial charge in [-0.25, -0.2) is 9.36 Å². The molecule has 0 bridgehead atoms. The molecule has 27 heavy (non-hydrogen) atoms. The van der Waals surface area contributed by atoms with Crippen LogP contribution in [0, 0.1) is 13.8 Å². The summed E-state index contributed by atoms with van der Waals surface area (Å²) in [6.45, 7) is 3.88. The number of aromatic hydroxyl groups is 1. The van der Waals surface area contributed by atoms with Crippen LogP contribution in [0.2, 0.25) is 0 Å². The first-order valence-corrected chi connectivity index (χ1v) is 8.47. The lowest BCUT2D eigenvalue weighted by Crippen LogP contribution is -2.30. The van der Waals surface area contributed by atoms with Crippen molar-refractivity contribution in [2.45, 2.75) is 13.8 Å². The fourth-order valence-electron chi connectivity index (χ4n) is 3.08. The number of hydrogen-bond donors (Lipinski definition) is 2. The summed E-state index contributed by atoms with van der Waals surface area (Å²) in [7, 11) is 0. The fraction of sp³-hybridized carbons (Fsp3) is 0.0952. The van der Waals surface area contributed by atoms with Crippen LogP contribution in [0.15, 0.2) is 57.0 Å². The van der Waals surface area contributed by atoms with Gasteiger partial charge in [-0.3, -0.25) is 14.8 Å². The van der Waals surface area contributed by atoms with E-state index in [9.17, 15) is 14.7 Å². The molecule has 6 nitrogen and oxygen atoms in total. The van der Waals surface area contributed by atoms with Crippen LogP contribution in [0.25, 0.3) is 17.3 Å². The van der Waals surface area contributed by atoms with E-state index in [0.29, 0.717) is 11.3 Å². The lowest BCUT2D eigenvalue weighted by molar-refractivity contribution is 0.429. The summed E-state index contributed by atoms with van der Waals surface area (Å²) in [5.74, 6) is -0.405. The molecule has 1 aliphatic rings. The Kier molecular flexibility index (Phi) is 3.88. The second-order valence-electron chi connectivity index (χ2n) is 6.48. The second-order valence-corrected chi connectivity index (χ2v) is 6.48. The van der Waals surface area contributed by atoms with E-state index in [1.54, 1.807) is 24.4 Å². The van der Waals surface area contributed by atoms with Crippen LogP contribution in [-0.4, -0.2) is 20.9 Å². The molecule has 4 rings (SSSR count). The molecule has 134 valence electrons. The van der Waals surface area contributed by atoms with Gasteiger partial charge >= 0.3 is 5.69 Å². The Morgan fingerprint density at radius 1 is 1.07 bits per heavy atom. The maximum Gasteiger partial charge on any atom is 0.335 e. The van der Waals surface area contributed by atoms with E-state index in [0.717, 1.165) is 26.9 Å². The van der Waals surface area contributed by atoms with Crippen LogP contribution < -0.4 is 11.2 Å². The van der Waals surface area contributed by atoms with Gasteiger partial charge in [-0.1, -0.05) is 24.3 Å². The zero-order chi connectivity index (χ0) is 19.1. The largest absolute Gasteiger partial charge is 0.494 e. The third-order valence-corrected chi connectivity index (χ3v) is 4.73. The summed E-state index contributed by atoms with van der Waals surface area (Å²) in [4.78, 5) is 31.3. The Morgan fingerprint density at radius 3 is 2.63 bits per heavy atom. The molecule has 2 N–H and O–H groups in total. The first-order valence-electron chi connectivity index (χ1n) is 8.47. The minimum absolute atomic E-state index is 0.00554. The highest BCUT2D eigenvalue weighted by Crippen LogP contribution is 2.32. The maximum atomic E-state index is 12.3.